The minimum Gasteiger partial charge on any atom is -0.481 e. The van der Waals surface area contributed by atoms with Crippen LogP contribution < -0.4 is 10.1 Å². The maximum Gasteiger partial charge on any atom is 0.343 e. The molecule has 1 heterocycles. The van der Waals surface area contributed by atoms with Gasteiger partial charge in [-0.25, -0.2) is 4.79 Å². The zero-order chi connectivity index (χ0) is 20.7. The molecule has 1 N–H and O–H groups in total. The second-order valence-electron chi connectivity index (χ2n) is 7.79. The first-order valence-corrected chi connectivity index (χ1v) is 10.2. The number of methoxy groups -OCH3 is 1. The Balaban J connectivity index is 1.65. The third kappa shape index (κ3) is 5.37. The van der Waals surface area contributed by atoms with Crippen molar-refractivity contribution in [2.45, 2.75) is 38.6 Å². The number of nitrogens with one attached hydrogen (secondary N) is 1. The van der Waals surface area contributed by atoms with Crippen molar-refractivity contribution >= 4 is 5.97 Å². The van der Waals surface area contributed by atoms with Gasteiger partial charge in [0.1, 0.15) is 5.75 Å². The summed E-state index contributed by atoms with van der Waals surface area (Å²) in [7, 11) is 1.36. The van der Waals surface area contributed by atoms with Crippen molar-refractivity contribution in [3.05, 3.63) is 64.7 Å². The van der Waals surface area contributed by atoms with Crippen LogP contribution in [0.5, 0.6) is 5.75 Å². The molecule has 0 radical (unpaired) electrons. The van der Waals surface area contributed by atoms with Gasteiger partial charge in [-0.15, -0.1) is 0 Å². The first kappa shape index (κ1) is 21.3. The summed E-state index contributed by atoms with van der Waals surface area (Å²) in [6.45, 7) is 7.26. The molecule has 0 spiro atoms. The summed E-state index contributed by atoms with van der Waals surface area (Å²) in [4.78, 5) is 11.3. The molecule has 0 unspecified atom stereocenters. The predicted octanol–water partition coefficient (Wildman–Crippen LogP) is 3.69. The van der Waals surface area contributed by atoms with Gasteiger partial charge in [-0.1, -0.05) is 42.5 Å². The number of rotatable bonds is 8. The third-order valence-electron chi connectivity index (χ3n) is 5.71. The number of aryl methyl sites for hydroxylation is 2. The topological polar surface area (TPSA) is 56.8 Å². The summed E-state index contributed by atoms with van der Waals surface area (Å²) in [5, 5.41) is 3.67. The lowest BCUT2D eigenvalue weighted by molar-refractivity contribution is -0.142. The number of hydrogen-bond donors (Lipinski definition) is 1. The second-order valence-corrected chi connectivity index (χ2v) is 7.79. The SMILES string of the molecule is COC(=O)COc1c(C)cc(CNCC2(c3ccccc3)CCOCC2)cc1C. The molecular formula is C24H31NO4. The summed E-state index contributed by atoms with van der Waals surface area (Å²) < 4.78 is 15.9. The molecular weight excluding hydrogens is 366 g/mol. The van der Waals surface area contributed by atoms with Crippen LogP contribution >= 0.6 is 0 Å². The van der Waals surface area contributed by atoms with Crippen molar-refractivity contribution in [2.75, 3.05) is 33.5 Å². The molecule has 2 aromatic rings. The molecule has 3 rings (SSSR count). The van der Waals surface area contributed by atoms with Gasteiger partial charge in [0.2, 0.25) is 0 Å². The second kappa shape index (κ2) is 9.90. The Kier molecular flexibility index (Phi) is 7.29. The molecule has 0 atom stereocenters. The van der Waals surface area contributed by atoms with E-state index in [0.717, 1.165) is 56.0 Å². The van der Waals surface area contributed by atoms with Gasteiger partial charge in [0.05, 0.1) is 7.11 Å². The molecule has 1 saturated heterocycles. The average Bonchev–Trinajstić information content (AvgIpc) is 2.74. The zero-order valence-corrected chi connectivity index (χ0v) is 17.6. The largest absolute Gasteiger partial charge is 0.481 e. The highest BCUT2D eigenvalue weighted by Crippen LogP contribution is 2.34. The molecule has 0 bridgehead atoms. The van der Waals surface area contributed by atoms with Crippen LogP contribution in [0.3, 0.4) is 0 Å². The molecule has 0 aromatic heterocycles. The molecule has 156 valence electrons. The molecule has 1 fully saturated rings. The average molecular weight is 398 g/mol. The van der Waals surface area contributed by atoms with Crippen LogP contribution in [0.4, 0.5) is 0 Å². The van der Waals surface area contributed by atoms with E-state index < -0.39 is 0 Å². The lowest BCUT2D eigenvalue weighted by atomic mass is 9.74. The zero-order valence-electron chi connectivity index (χ0n) is 17.6. The minimum absolute atomic E-state index is 0.0720. The molecule has 0 saturated carbocycles. The van der Waals surface area contributed by atoms with Crippen molar-refractivity contribution in [3.63, 3.8) is 0 Å². The standard InChI is InChI=1S/C24H31NO4/c1-18-13-20(14-19(2)23(18)29-16-22(26)27-3)15-25-17-24(9-11-28-12-10-24)21-7-5-4-6-8-21/h4-8,13-14,25H,9-12,15-17H2,1-3H3. The first-order chi connectivity index (χ1) is 14.0. The number of carbonyl (C=O) groups excluding carboxylic acids is 1. The fourth-order valence-electron chi connectivity index (χ4n) is 4.13. The van der Waals surface area contributed by atoms with Crippen molar-refractivity contribution < 1.29 is 19.0 Å². The van der Waals surface area contributed by atoms with Gasteiger partial charge in [-0.05, 0) is 48.9 Å². The number of hydrogen-bond acceptors (Lipinski definition) is 5. The Morgan fingerprint density at radius 3 is 2.38 bits per heavy atom. The monoisotopic (exact) mass is 397 g/mol. The van der Waals surface area contributed by atoms with Crippen LogP contribution in [0.15, 0.2) is 42.5 Å². The molecule has 29 heavy (non-hydrogen) atoms. The fraction of sp³-hybridized carbons (Fsp3) is 0.458. The van der Waals surface area contributed by atoms with Crippen molar-refractivity contribution in [1.29, 1.82) is 0 Å². The summed E-state index contributed by atoms with van der Waals surface area (Å²) in [6, 6.07) is 15.0. The van der Waals surface area contributed by atoms with Crippen molar-refractivity contribution in [2.24, 2.45) is 0 Å². The number of carbonyl (C=O) groups is 1. The maximum atomic E-state index is 11.3. The van der Waals surface area contributed by atoms with Crippen LogP contribution in [-0.2, 0) is 26.2 Å². The highest BCUT2D eigenvalue weighted by Gasteiger charge is 2.33. The molecule has 0 amide bonds. The lowest BCUT2D eigenvalue weighted by Gasteiger charge is -2.38. The highest BCUT2D eigenvalue weighted by molar-refractivity contribution is 5.71. The summed E-state index contributed by atoms with van der Waals surface area (Å²) >= 11 is 0. The molecule has 2 aromatic carbocycles. The van der Waals surface area contributed by atoms with E-state index >= 15 is 0 Å². The van der Waals surface area contributed by atoms with E-state index in [1.54, 1.807) is 0 Å². The van der Waals surface area contributed by atoms with Gasteiger partial charge in [-0.3, -0.25) is 0 Å². The smallest absolute Gasteiger partial charge is 0.343 e. The Hall–Kier alpha value is -2.37. The van der Waals surface area contributed by atoms with Crippen molar-refractivity contribution in [3.8, 4) is 5.75 Å². The van der Waals surface area contributed by atoms with Crippen LogP contribution in [-0.4, -0.2) is 39.4 Å². The Morgan fingerprint density at radius 2 is 1.76 bits per heavy atom. The normalized spacial score (nSPS) is 15.7. The van der Waals surface area contributed by atoms with Gasteiger partial charge in [-0.2, -0.15) is 0 Å². The van der Waals surface area contributed by atoms with Gasteiger partial charge < -0.3 is 19.5 Å². The molecule has 5 heteroatoms. The summed E-state index contributed by atoms with van der Waals surface area (Å²) in [6.07, 6.45) is 2.06. The van der Waals surface area contributed by atoms with Gasteiger partial charge in [0.25, 0.3) is 0 Å². The van der Waals surface area contributed by atoms with Gasteiger partial charge in [0.15, 0.2) is 6.61 Å². The van der Waals surface area contributed by atoms with Crippen LogP contribution in [0, 0.1) is 13.8 Å². The summed E-state index contributed by atoms with van der Waals surface area (Å²) in [5.41, 5.74) is 4.76. The van der Waals surface area contributed by atoms with Crippen LogP contribution in [0.25, 0.3) is 0 Å². The molecule has 1 aliphatic rings. The van der Waals surface area contributed by atoms with Gasteiger partial charge in [0, 0.05) is 31.7 Å². The highest BCUT2D eigenvalue weighted by atomic mass is 16.6. The van der Waals surface area contributed by atoms with E-state index in [0.29, 0.717) is 0 Å². The molecule has 0 aliphatic carbocycles. The van der Waals surface area contributed by atoms with Crippen LogP contribution in [0.1, 0.15) is 35.1 Å². The minimum atomic E-state index is -0.378. The first-order valence-electron chi connectivity index (χ1n) is 10.2. The number of ether oxygens (including phenoxy) is 3. The van der Waals surface area contributed by atoms with E-state index in [1.165, 1.54) is 18.2 Å². The van der Waals surface area contributed by atoms with Crippen LogP contribution in [0.2, 0.25) is 0 Å². The Morgan fingerprint density at radius 1 is 1.10 bits per heavy atom. The number of benzene rings is 2. The maximum absolute atomic E-state index is 11.3. The van der Waals surface area contributed by atoms with E-state index in [2.05, 4.69) is 52.5 Å². The van der Waals surface area contributed by atoms with Crippen molar-refractivity contribution in [1.82, 2.24) is 5.32 Å². The van der Waals surface area contributed by atoms with E-state index in [9.17, 15) is 4.79 Å². The Labute approximate surface area is 173 Å². The lowest BCUT2D eigenvalue weighted by Crippen LogP contribution is -2.42. The van der Waals surface area contributed by atoms with E-state index in [1.807, 2.05) is 13.8 Å². The predicted molar refractivity (Wildman–Crippen MR) is 113 cm³/mol. The third-order valence-corrected chi connectivity index (χ3v) is 5.71. The van der Waals surface area contributed by atoms with E-state index in [-0.39, 0.29) is 18.0 Å². The molecule has 1 aliphatic heterocycles. The van der Waals surface area contributed by atoms with Gasteiger partial charge >= 0.3 is 5.97 Å². The Bertz CT molecular complexity index is 790. The summed E-state index contributed by atoms with van der Waals surface area (Å²) in [5.74, 6) is 0.376. The van der Waals surface area contributed by atoms with E-state index in [4.69, 9.17) is 9.47 Å². The fourth-order valence-corrected chi connectivity index (χ4v) is 4.13. The quantitative estimate of drug-likeness (QED) is 0.689. The molecule has 5 nitrogen and oxygen atoms in total. The number of esters is 1.